The third-order valence-corrected chi connectivity index (χ3v) is 3.85. The highest BCUT2D eigenvalue weighted by molar-refractivity contribution is 5.94. The summed E-state index contributed by atoms with van der Waals surface area (Å²) >= 11 is 0. The number of rotatable bonds is 2. The first-order valence-corrected chi connectivity index (χ1v) is 7.45. The lowest BCUT2D eigenvalue weighted by molar-refractivity contribution is 0.0619. The average molecular weight is 296 g/mol. The first-order valence-electron chi connectivity index (χ1n) is 7.45. The van der Waals surface area contributed by atoms with E-state index in [4.69, 9.17) is 4.74 Å². The number of ether oxygens (including phenoxy) is 1. The van der Waals surface area contributed by atoms with Gasteiger partial charge in [-0.05, 0) is 39.0 Å². The predicted molar refractivity (Wildman–Crippen MR) is 84.9 cm³/mol. The molecule has 4 nitrogen and oxygen atoms in total. The highest BCUT2D eigenvalue weighted by atomic mass is 16.5. The van der Waals surface area contributed by atoms with Gasteiger partial charge >= 0.3 is 0 Å². The van der Waals surface area contributed by atoms with Gasteiger partial charge in [0, 0.05) is 24.4 Å². The van der Waals surface area contributed by atoms with Crippen LogP contribution in [0.3, 0.4) is 0 Å². The van der Waals surface area contributed by atoms with Crippen molar-refractivity contribution in [3.05, 3.63) is 59.4 Å². The lowest BCUT2D eigenvalue weighted by atomic mass is 9.89. The van der Waals surface area contributed by atoms with Crippen molar-refractivity contribution in [2.75, 3.05) is 0 Å². The van der Waals surface area contributed by atoms with Gasteiger partial charge in [-0.25, -0.2) is 0 Å². The van der Waals surface area contributed by atoms with E-state index in [1.165, 1.54) is 0 Å². The summed E-state index contributed by atoms with van der Waals surface area (Å²) in [5, 5.41) is 3.12. The summed E-state index contributed by atoms with van der Waals surface area (Å²) in [5.41, 5.74) is 2.45. The van der Waals surface area contributed by atoms with Crippen LogP contribution in [0.25, 0.3) is 0 Å². The molecule has 1 aliphatic rings. The van der Waals surface area contributed by atoms with Gasteiger partial charge in [-0.3, -0.25) is 9.78 Å². The first-order chi connectivity index (χ1) is 10.4. The molecule has 2 heterocycles. The minimum atomic E-state index is -0.310. The zero-order chi connectivity index (χ0) is 15.7. The summed E-state index contributed by atoms with van der Waals surface area (Å²) in [6, 6.07) is 9.56. The Morgan fingerprint density at radius 1 is 1.36 bits per heavy atom. The van der Waals surface area contributed by atoms with E-state index in [0.717, 1.165) is 23.3 Å². The van der Waals surface area contributed by atoms with Gasteiger partial charge in [0.1, 0.15) is 11.4 Å². The van der Waals surface area contributed by atoms with Crippen LogP contribution < -0.4 is 10.1 Å². The molecular formula is C18H20N2O2. The Labute approximate surface area is 130 Å². The van der Waals surface area contributed by atoms with Gasteiger partial charge in [0.15, 0.2) is 0 Å². The smallest absolute Gasteiger partial charge is 0.253 e. The van der Waals surface area contributed by atoms with E-state index in [2.05, 4.69) is 16.4 Å². The molecule has 2 aromatic rings. The number of nitrogens with zero attached hydrogens (tertiary/aromatic N) is 1. The van der Waals surface area contributed by atoms with E-state index in [1.54, 1.807) is 24.5 Å². The maximum Gasteiger partial charge on any atom is 0.253 e. The molecule has 0 saturated heterocycles. The molecule has 0 spiro atoms. The number of pyridine rings is 1. The molecule has 0 saturated carbocycles. The third-order valence-electron chi connectivity index (χ3n) is 3.85. The number of hydrogen-bond donors (Lipinski definition) is 1. The summed E-state index contributed by atoms with van der Waals surface area (Å²) in [6.07, 6.45) is 3.97. The minimum Gasteiger partial charge on any atom is -0.487 e. The maximum atomic E-state index is 12.4. The molecule has 1 amide bonds. The number of hydrogen-bond acceptors (Lipinski definition) is 3. The zero-order valence-electron chi connectivity index (χ0n) is 13.1. The Hall–Kier alpha value is -2.36. The van der Waals surface area contributed by atoms with Crippen molar-refractivity contribution in [2.24, 2.45) is 0 Å². The molecule has 22 heavy (non-hydrogen) atoms. The molecule has 1 atom stereocenters. The van der Waals surface area contributed by atoms with E-state index >= 15 is 0 Å². The molecule has 0 radical (unpaired) electrons. The fourth-order valence-corrected chi connectivity index (χ4v) is 2.84. The SMILES string of the molecule is Cc1ccc2c(c1)[C@@H](NC(=O)c1cccnc1)CC(C)(C)O2. The van der Waals surface area contributed by atoms with E-state index in [1.807, 2.05) is 32.9 Å². The monoisotopic (exact) mass is 296 g/mol. The zero-order valence-corrected chi connectivity index (χ0v) is 13.1. The van der Waals surface area contributed by atoms with Crippen LogP contribution in [0.4, 0.5) is 0 Å². The number of carbonyl (C=O) groups is 1. The quantitative estimate of drug-likeness (QED) is 0.923. The second-order valence-electron chi connectivity index (χ2n) is 6.37. The van der Waals surface area contributed by atoms with Crippen LogP contribution in [0.1, 0.15) is 47.8 Å². The van der Waals surface area contributed by atoms with Gasteiger partial charge < -0.3 is 10.1 Å². The number of aryl methyl sites for hydroxylation is 1. The van der Waals surface area contributed by atoms with Crippen LogP contribution in [0.2, 0.25) is 0 Å². The summed E-state index contributed by atoms with van der Waals surface area (Å²) < 4.78 is 6.03. The van der Waals surface area contributed by atoms with Gasteiger partial charge in [0.25, 0.3) is 5.91 Å². The Kier molecular flexibility index (Phi) is 3.61. The Bertz CT molecular complexity index is 695. The largest absolute Gasteiger partial charge is 0.487 e. The van der Waals surface area contributed by atoms with Crippen molar-refractivity contribution in [1.82, 2.24) is 10.3 Å². The topological polar surface area (TPSA) is 51.2 Å². The summed E-state index contributed by atoms with van der Waals surface area (Å²) in [5.74, 6) is 0.738. The number of fused-ring (bicyclic) bond motifs is 1. The Morgan fingerprint density at radius 2 is 2.18 bits per heavy atom. The van der Waals surface area contributed by atoms with Crippen molar-refractivity contribution in [2.45, 2.75) is 38.8 Å². The first kappa shape index (κ1) is 14.6. The molecule has 1 aromatic heterocycles. The standard InChI is InChI=1S/C18H20N2O2/c1-12-6-7-16-14(9-12)15(10-18(2,3)22-16)20-17(21)13-5-4-8-19-11-13/h4-9,11,15H,10H2,1-3H3,(H,20,21)/t15-/m0/s1. The Morgan fingerprint density at radius 3 is 2.91 bits per heavy atom. The predicted octanol–water partition coefficient (Wildman–Crippen LogP) is 3.42. The Balaban J connectivity index is 1.90. The number of carbonyl (C=O) groups excluding carboxylic acids is 1. The molecule has 3 rings (SSSR count). The van der Waals surface area contributed by atoms with Crippen molar-refractivity contribution >= 4 is 5.91 Å². The van der Waals surface area contributed by atoms with Crippen LogP contribution in [-0.2, 0) is 0 Å². The summed E-state index contributed by atoms with van der Waals surface area (Å²) in [4.78, 5) is 16.4. The van der Waals surface area contributed by atoms with Crippen LogP contribution >= 0.6 is 0 Å². The summed E-state index contributed by atoms with van der Waals surface area (Å²) in [7, 11) is 0. The molecular weight excluding hydrogens is 276 g/mol. The van der Waals surface area contributed by atoms with Crippen molar-refractivity contribution in [1.29, 1.82) is 0 Å². The van der Waals surface area contributed by atoms with E-state index < -0.39 is 0 Å². The van der Waals surface area contributed by atoms with Crippen LogP contribution in [-0.4, -0.2) is 16.5 Å². The molecule has 1 N–H and O–H groups in total. The van der Waals surface area contributed by atoms with Crippen molar-refractivity contribution in [3.8, 4) is 5.75 Å². The second kappa shape index (κ2) is 5.44. The lowest BCUT2D eigenvalue weighted by Gasteiger charge is -2.38. The van der Waals surface area contributed by atoms with Crippen molar-refractivity contribution < 1.29 is 9.53 Å². The molecule has 0 fully saturated rings. The number of nitrogens with one attached hydrogen (secondary N) is 1. The molecule has 114 valence electrons. The van der Waals surface area contributed by atoms with Gasteiger partial charge in [-0.2, -0.15) is 0 Å². The fourth-order valence-electron chi connectivity index (χ4n) is 2.84. The number of aromatic nitrogens is 1. The van der Waals surface area contributed by atoms with Gasteiger partial charge in [0.2, 0.25) is 0 Å². The van der Waals surface area contributed by atoms with Gasteiger partial charge in [0.05, 0.1) is 11.6 Å². The lowest BCUT2D eigenvalue weighted by Crippen LogP contribution is -2.41. The average Bonchev–Trinajstić information content (AvgIpc) is 2.48. The fraction of sp³-hybridized carbons (Fsp3) is 0.333. The van der Waals surface area contributed by atoms with E-state index in [-0.39, 0.29) is 17.6 Å². The van der Waals surface area contributed by atoms with Crippen LogP contribution in [0.15, 0.2) is 42.7 Å². The molecule has 0 unspecified atom stereocenters. The molecule has 1 aromatic carbocycles. The molecule has 0 aliphatic carbocycles. The van der Waals surface area contributed by atoms with E-state index in [0.29, 0.717) is 5.56 Å². The minimum absolute atomic E-state index is 0.0636. The maximum absolute atomic E-state index is 12.4. The van der Waals surface area contributed by atoms with Gasteiger partial charge in [-0.1, -0.05) is 17.7 Å². The number of benzene rings is 1. The highest BCUT2D eigenvalue weighted by Gasteiger charge is 2.34. The van der Waals surface area contributed by atoms with Crippen LogP contribution in [0.5, 0.6) is 5.75 Å². The molecule has 1 aliphatic heterocycles. The molecule has 4 heteroatoms. The van der Waals surface area contributed by atoms with Gasteiger partial charge in [-0.15, -0.1) is 0 Å². The van der Waals surface area contributed by atoms with E-state index in [9.17, 15) is 4.79 Å². The normalized spacial score (nSPS) is 19.0. The van der Waals surface area contributed by atoms with Crippen molar-refractivity contribution in [3.63, 3.8) is 0 Å². The highest BCUT2D eigenvalue weighted by Crippen LogP contribution is 2.39. The summed E-state index contributed by atoms with van der Waals surface area (Å²) in [6.45, 7) is 6.12. The van der Waals surface area contributed by atoms with Crippen LogP contribution in [0, 0.1) is 6.92 Å². The molecule has 0 bridgehead atoms. The third kappa shape index (κ3) is 2.96. The second-order valence-corrected chi connectivity index (χ2v) is 6.37. The number of amides is 1.